The van der Waals surface area contributed by atoms with Gasteiger partial charge in [-0.3, -0.25) is 0 Å². The first kappa shape index (κ1) is 12.5. The molecule has 3 unspecified atom stereocenters. The third kappa shape index (κ3) is 2.83. The fraction of sp³-hybridized carbons (Fsp3) is 0.571. The van der Waals surface area contributed by atoms with Crippen molar-refractivity contribution in [3.63, 3.8) is 0 Å². The van der Waals surface area contributed by atoms with Crippen LogP contribution in [0.15, 0.2) is 18.2 Å². The highest BCUT2D eigenvalue weighted by Crippen LogP contribution is 2.33. The monoisotopic (exact) mass is 239 g/mol. The average Bonchev–Trinajstić information content (AvgIpc) is 2.70. The van der Waals surface area contributed by atoms with Crippen molar-refractivity contribution in [3.8, 4) is 0 Å². The van der Waals surface area contributed by atoms with Crippen molar-refractivity contribution in [2.24, 2.45) is 17.6 Å². The van der Waals surface area contributed by atoms with E-state index in [9.17, 15) is 8.78 Å². The van der Waals surface area contributed by atoms with Gasteiger partial charge in [-0.25, -0.2) is 8.78 Å². The van der Waals surface area contributed by atoms with Crippen molar-refractivity contribution in [1.82, 2.24) is 0 Å². The second kappa shape index (κ2) is 5.13. The normalized spacial score (nSPS) is 26.1. The van der Waals surface area contributed by atoms with Crippen LogP contribution in [0.4, 0.5) is 8.78 Å². The van der Waals surface area contributed by atoms with Gasteiger partial charge in [0, 0.05) is 11.6 Å². The van der Waals surface area contributed by atoms with Crippen molar-refractivity contribution in [2.75, 3.05) is 0 Å². The van der Waals surface area contributed by atoms with E-state index in [0.29, 0.717) is 18.3 Å². The minimum atomic E-state index is -0.480. The van der Waals surface area contributed by atoms with E-state index in [2.05, 4.69) is 6.92 Å². The molecule has 0 bridgehead atoms. The lowest BCUT2D eigenvalue weighted by atomic mass is 9.92. The van der Waals surface area contributed by atoms with Crippen molar-refractivity contribution in [1.29, 1.82) is 0 Å². The van der Waals surface area contributed by atoms with Crippen molar-refractivity contribution in [3.05, 3.63) is 35.4 Å². The predicted octanol–water partition coefficient (Wildman–Crippen LogP) is 3.27. The maximum absolute atomic E-state index is 13.5. The van der Waals surface area contributed by atoms with E-state index >= 15 is 0 Å². The van der Waals surface area contributed by atoms with E-state index in [4.69, 9.17) is 5.73 Å². The lowest BCUT2D eigenvalue weighted by molar-refractivity contribution is 0.404. The summed E-state index contributed by atoms with van der Waals surface area (Å²) < 4.78 is 27.0. The number of benzene rings is 1. The highest BCUT2D eigenvalue weighted by Gasteiger charge is 2.27. The molecule has 3 heteroatoms. The number of nitrogens with two attached hydrogens (primary N) is 1. The van der Waals surface area contributed by atoms with Crippen LogP contribution in [-0.2, 0) is 6.42 Å². The summed E-state index contributed by atoms with van der Waals surface area (Å²) in [6, 6.07) is 3.84. The number of rotatable bonds is 3. The molecule has 94 valence electrons. The van der Waals surface area contributed by atoms with Gasteiger partial charge in [0.2, 0.25) is 0 Å². The summed E-state index contributed by atoms with van der Waals surface area (Å²) in [5.41, 5.74) is 6.22. The van der Waals surface area contributed by atoms with Crippen LogP contribution in [0.5, 0.6) is 0 Å². The zero-order chi connectivity index (χ0) is 12.4. The molecule has 1 aromatic rings. The Morgan fingerprint density at radius 2 is 1.94 bits per heavy atom. The lowest BCUT2D eigenvalue weighted by Crippen LogP contribution is -2.31. The third-order valence-corrected chi connectivity index (χ3v) is 3.84. The van der Waals surface area contributed by atoms with E-state index in [1.165, 1.54) is 24.6 Å². The second-order valence-electron chi connectivity index (χ2n) is 5.25. The van der Waals surface area contributed by atoms with Crippen molar-refractivity contribution < 1.29 is 8.78 Å². The van der Waals surface area contributed by atoms with Crippen LogP contribution in [0.3, 0.4) is 0 Å². The van der Waals surface area contributed by atoms with Crippen LogP contribution in [0.2, 0.25) is 0 Å². The largest absolute Gasteiger partial charge is 0.327 e. The van der Waals surface area contributed by atoms with Gasteiger partial charge in [-0.15, -0.1) is 0 Å². The highest BCUT2D eigenvalue weighted by molar-refractivity contribution is 5.20. The van der Waals surface area contributed by atoms with Gasteiger partial charge in [0.1, 0.15) is 11.6 Å². The molecule has 0 amide bonds. The molecular formula is C14H19F2N. The molecule has 1 saturated carbocycles. The molecule has 1 fully saturated rings. The molecule has 2 rings (SSSR count). The summed E-state index contributed by atoms with van der Waals surface area (Å²) in [7, 11) is 0. The van der Waals surface area contributed by atoms with Gasteiger partial charge in [0.05, 0.1) is 0 Å². The molecular weight excluding hydrogens is 220 g/mol. The molecule has 1 aromatic carbocycles. The van der Waals surface area contributed by atoms with Crippen molar-refractivity contribution >= 4 is 0 Å². The molecule has 1 aliphatic rings. The zero-order valence-electron chi connectivity index (χ0n) is 10.1. The van der Waals surface area contributed by atoms with Crippen LogP contribution >= 0.6 is 0 Å². The topological polar surface area (TPSA) is 26.0 Å². The number of hydrogen-bond donors (Lipinski definition) is 1. The Morgan fingerprint density at radius 3 is 2.47 bits per heavy atom. The minimum absolute atomic E-state index is 0.133. The standard InChI is InChI=1S/C14H19F2N/c1-9-5-6-10(7-9)14(17)8-11-12(15)3-2-4-13(11)16/h2-4,9-10,14H,5-8,17H2,1H3. The van der Waals surface area contributed by atoms with E-state index in [0.717, 1.165) is 12.8 Å². The summed E-state index contributed by atoms with van der Waals surface area (Å²) in [5.74, 6) is 0.138. The summed E-state index contributed by atoms with van der Waals surface area (Å²) in [5, 5.41) is 0. The third-order valence-electron chi connectivity index (χ3n) is 3.84. The van der Waals surface area contributed by atoms with E-state index in [1.54, 1.807) is 0 Å². The molecule has 2 N–H and O–H groups in total. The summed E-state index contributed by atoms with van der Waals surface area (Å²) in [6.45, 7) is 2.20. The Kier molecular flexibility index (Phi) is 3.77. The molecule has 0 aliphatic heterocycles. The fourth-order valence-electron chi connectivity index (χ4n) is 2.77. The molecule has 1 nitrogen and oxygen atoms in total. The maximum Gasteiger partial charge on any atom is 0.129 e. The van der Waals surface area contributed by atoms with Gasteiger partial charge in [0.25, 0.3) is 0 Å². The van der Waals surface area contributed by atoms with Crippen molar-refractivity contribution in [2.45, 2.75) is 38.6 Å². The first-order valence-corrected chi connectivity index (χ1v) is 6.26. The smallest absolute Gasteiger partial charge is 0.129 e. The van der Waals surface area contributed by atoms with Crippen LogP contribution < -0.4 is 5.73 Å². The Hall–Kier alpha value is -0.960. The Morgan fingerprint density at radius 1 is 1.29 bits per heavy atom. The van der Waals surface area contributed by atoms with E-state index in [1.807, 2.05) is 0 Å². The Balaban J connectivity index is 2.05. The zero-order valence-corrected chi connectivity index (χ0v) is 10.1. The Bertz CT molecular complexity index is 372. The molecule has 0 heterocycles. The summed E-state index contributed by atoms with van der Waals surface area (Å²) in [4.78, 5) is 0. The molecule has 1 aliphatic carbocycles. The van der Waals surface area contributed by atoms with Gasteiger partial charge in [-0.2, -0.15) is 0 Å². The lowest BCUT2D eigenvalue weighted by Gasteiger charge is -2.19. The summed E-state index contributed by atoms with van der Waals surface area (Å²) in [6.07, 6.45) is 3.64. The molecule has 0 spiro atoms. The first-order chi connectivity index (χ1) is 8.08. The SMILES string of the molecule is CC1CCC(C(N)Cc2c(F)cccc2F)C1. The Labute approximate surface area is 101 Å². The van der Waals surface area contributed by atoms with Gasteiger partial charge >= 0.3 is 0 Å². The maximum atomic E-state index is 13.5. The van der Waals surface area contributed by atoms with Gasteiger partial charge in [-0.05, 0) is 43.2 Å². The molecule has 17 heavy (non-hydrogen) atoms. The molecule has 0 saturated heterocycles. The van der Waals surface area contributed by atoms with E-state index < -0.39 is 11.6 Å². The molecule has 0 radical (unpaired) electrons. The van der Waals surface area contributed by atoms with E-state index in [-0.39, 0.29) is 11.6 Å². The quantitative estimate of drug-likeness (QED) is 0.860. The second-order valence-corrected chi connectivity index (χ2v) is 5.25. The number of halogens is 2. The van der Waals surface area contributed by atoms with Gasteiger partial charge in [0.15, 0.2) is 0 Å². The van der Waals surface area contributed by atoms with Crippen LogP contribution in [0.1, 0.15) is 31.7 Å². The fourth-order valence-corrected chi connectivity index (χ4v) is 2.77. The predicted molar refractivity (Wildman–Crippen MR) is 64.5 cm³/mol. The van der Waals surface area contributed by atoms with Crippen LogP contribution in [0, 0.1) is 23.5 Å². The van der Waals surface area contributed by atoms with Crippen LogP contribution in [0.25, 0.3) is 0 Å². The van der Waals surface area contributed by atoms with Crippen LogP contribution in [-0.4, -0.2) is 6.04 Å². The molecule has 3 atom stereocenters. The summed E-state index contributed by atoms with van der Waals surface area (Å²) >= 11 is 0. The van der Waals surface area contributed by atoms with Gasteiger partial charge < -0.3 is 5.73 Å². The first-order valence-electron chi connectivity index (χ1n) is 6.26. The average molecular weight is 239 g/mol. The van der Waals surface area contributed by atoms with Gasteiger partial charge in [-0.1, -0.05) is 19.4 Å². The highest BCUT2D eigenvalue weighted by atomic mass is 19.1. The molecule has 0 aromatic heterocycles. The number of hydrogen-bond acceptors (Lipinski definition) is 1. The minimum Gasteiger partial charge on any atom is -0.327 e.